The van der Waals surface area contributed by atoms with E-state index in [0.29, 0.717) is 11.3 Å². The summed E-state index contributed by atoms with van der Waals surface area (Å²) in [4.78, 5) is 19.9. The number of pyridine rings is 1. The van der Waals surface area contributed by atoms with Gasteiger partial charge in [-0.15, -0.1) is 0 Å². The molecule has 1 amide bonds. The number of ether oxygens (including phenoxy) is 2. The van der Waals surface area contributed by atoms with Crippen molar-refractivity contribution in [1.29, 1.82) is 0 Å². The maximum absolute atomic E-state index is 13.5. The molecule has 0 N–H and O–H groups in total. The molecule has 0 bridgehead atoms. The van der Waals surface area contributed by atoms with Gasteiger partial charge in [-0.05, 0) is 24.5 Å². The Bertz CT molecular complexity index is 1010. The minimum absolute atomic E-state index is 0.0173. The summed E-state index contributed by atoms with van der Waals surface area (Å²) in [5.74, 6) is 0.744. The molecule has 2 fully saturated rings. The van der Waals surface area contributed by atoms with Crippen LogP contribution in [0.5, 0.6) is 5.75 Å². The van der Waals surface area contributed by atoms with Gasteiger partial charge in [0.1, 0.15) is 17.1 Å². The number of amides is 1. The van der Waals surface area contributed by atoms with Crippen molar-refractivity contribution in [2.75, 3.05) is 26.9 Å². The van der Waals surface area contributed by atoms with Crippen molar-refractivity contribution in [2.24, 2.45) is 5.41 Å². The van der Waals surface area contributed by atoms with Crippen LogP contribution in [0.2, 0.25) is 0 Å². The zero-order valence-corrected chi connectivity index (χ0v) is 15.9. The topological polar surface area (TPSA) is 56.1 Å². The first kappa shape index (κ1) is 17.3. The highest BCUT2D eigenvalue weighted by atomic mass is 16.5. The van der Waals surface area contributed by atoms with E-state index in [1.807, 2.05) is 45.8 Å². The molecule has 3 aromatic rings. The third-order valence-corrected chi connectivity index (χ3v) is 6.18. The average Bonchev–Trinajstić information content (AvgIpc) is 3.16. The monoisotopic (exact) mass is 377 g/mol. The number of rotatable bonds is 3. The fourth-order valence-corrected chi connectivity index (χ4v) is 4.70. The number of aromatic nitrogens is 2. The molecule has 1 spiro atoms. The zero-order valence-electron chi connectivity index (χ0n) is 15.9. The van der Waals surface area contributed by atoms with Gasteiger partial charge in [-0.1, -0.05) is 30.3 Å². The van der Waals surface area contributed by atoms with Crippen molar-refractivity contribution in [3.63, 3.8) is 0 Å². The van der Waals surface area contributed by atoms with Crippen LogP contribution in [0.1, 0.15) is 34.9 Å². The van der Waals surface area contributed by atoms with Crippen LogP contribution < -0.4 is 4.74 Å². The summed E-state index contributed by atoms with van der Waals surface area (Å²) in [6.45, 7) is 2.29. The molecule has 1 aromatic carbocycles. The van der Waals surface area contributed by atoms with Crippen LogP contribution in [0.4, 0.5) is 0 Å². The highest BCUT2D eigenvalue weighted by molar-refractivity contribution is 5.94. The second-order valence-electron chi connectivity index (χ2n) is 7.66. The molecule has 0 saturated carbocycles. The van der Waals surface area contributed by atoms with Gasteiger partial charge >= 0.3 is 0 Å². The lowest BCUT2D eigenvalue weighted by atomic mass is 9.64. The van der Waals surface area contributed by atoms with E-state index >= 15 is 0 Å². The van der Waals surface area contributed by atoms with Gasteiger partial charge in [0, 0.05) is 37.4 Å². The molecule has 2 aliphatic heterocycles. The second kappa shape index (κ2) is 6.63. The molecular formula is C22H23N3O3. The lowest BCUT2D eigenvalue weighted by Crippen LogP contribution is -2.62. The quantitative estimate of drug-likeness (QED) is 0.703. The van der Waals surface area contributed by atoms with Gasteiger partial charge in [0.15, 0.2) is 0 Å². The molecule has 6 heteroatoms. The lowest BCUT2D eigenvalue weighted by molar-refractivity contribution is -0.115. The van der Waals surface area contributed by atoms with Crippen LogP contribution in [-0.4, -0.2) is 47.1 Å². The van der Waals surface area contributed by atoms with Gasteiger partial charge in [0.25, 0.3) is 5.91 Å². The Hall–Kier alpha value is -2.86. The van der Waals surface area contributed by atoms with Crippen molar-refractivity contribution in [2.45, 2.75) is 18.9 Å². The van der Waals surface area contributed by atoms with Gasteiger partial charge in [0.05, 0.1) is 19.3 Å². The molecule has 6 nitrogen and oxygen atoms in total. The summed E-state index contributed by atoms with van der Waals surface area (Å²) >= 11 is 0. The lowest BCUT2D eigenvalue weighted by Gasteiger charge is -2.59. The number of carbonyl (C=O) groups excluding carboxylic acids is 1. The highest BCUT2D eigenvalue weighted by Gasteiger charge is 2.55. The van der Waals surface area contributed by atoms with E-state index in [1.165, 1.54) is 5.56 Å². The second-order valence-corrected chi connectivity index (χ2v) is 7.66. The standard InChI is InChI=1S/C22H23N3O3/c1-27-17-7-10-24-18(14-23-19(24)13-17)21(26)25-15-22(8-11-28-12-9-22)20(25)16-5-3-2-4-6-16/h2-7,10,13-14,20H,8-9,11-12,15H2,1H3/t20-/m1/s1. The largest absolute Gasteiger partial charge is 0.497 e. The predicted octanol–water partition coefficient (Wildman–Crippen LogP) is 3.34. The smallest absolute Gasteiger partial charge is 0.273 e. The third kappa shape index (κ3) is 2.59. The maximum atomic E-state index is 13.5. The van der Waals surface area contributed by atoms with Gasteiger partial charge in [0.2, 0.25) is 0 Å². The van der Waals surface area contributed by atoms with Crippen LogP contribution in [0.15, 0.2) is 54.9 Å². The Balaban J connectivity index is 1.50. The molecular weight excluding hydrogens is 354 g/mol. The molecule has 0 unspecified atom stereocenters. The van der Waals surface area contributed by atoms with Gasteiger partial charge in [-0.25, -0.2) is 4.98 Å². The Labute approximate surface area is 163 Å². The fourth-order valence-electron chi connectivity index (χ4n) is 4.70. The van der Waals surface area contributed by atoms with Crippen LogP contribution >= 0.6 is 0 Å². The zero-order chi connectivity index (χ0) is 19.1. The summed E-state index contributed by atoms with van der Waals surface area (Å²) in [7, 11) is 1.62. The molecule has 1 atom stereocenters. The number of fused-ring (bicyclic) bond motifs is 1. The van der Waals surface area contributed by atoms with E-state index in [2.05, 4.69) is 17.1 Å². The maximum Gasteiger partial charge on any atom is 0.273 e. The van der Waals surface area contributed by atoms with E-state index in [0.717, 1.165) is 38.3 Å². The minimum atomic E-state index is 0.0173. The van der Waals surface area contributed by atoms with Crippen LogP contribution in [0, 0.1) is 5.41 Å². The summed E-state index contributed by atoms with van der Waals surface area (Å²) in [5, 5.41) is 0. The molecule has 4 heterocycles. The Morgan fingerprint density at radius 3 is 2.75 bits per heavy atom. The van der Waals surface area contributed by atoms with Crippen molar-refractivity contribution in [3.8, 4) is 5.75 Å². The number of benzene rings is 1. The fraction of sp³-hybridized carbons (Fsp3) is 0.364. The first-order chi connectivity index (χ1) is 13.7. The number of likely N-dealkylation sites (tertiary alicyclic amines) is 1. The van der Waals surface area contributed by atoms with Crippen LogP contribution in [0.3, 0.4) is 0 Å². The van der Waals surface area contributed by atoms with Crippen molar-refractivity contribution >= 4 is 11.6 Å². The Kier molecular flexibility index (Phi) is 4.09. The molecule has 0 radical (unpaired) electrons. The highest BCUT2D eigenvalue weighted by Crippen LogP contribution is 2.55. The SMILES string of the molecule is COc1ccn2c(C(=O)N3CC4(CCOCC4)[C@H]3c3ccccc3)cnc2c1. The Morgan fingerprint density at radius 1 is 1.21 bits per heavy atom. The van der Waals surface area contributed by atoms with E-state index in [4.69, 9.17) is 9.47 Å². The number of carbonyl (C=O) groups is 1. The summed E-state index contributed by atoms with van der Waals surface area (Å²) < 4.78 is 12.7. The molecule has 5 rings (SSSR count). The number of hydrogen-bond donors (Lipinski definition) is 0. The summed E-state index contributed by atoms with van der Waals surface area (Å²) in [6, 6.07) is 14.1. The molecule has 0 aliphatic carbocycles. The minimum Gasteiger partial charge on any atom is -0.497 e. The third-order valence-electron chi connectivity index (χ3n) is 6.18. The number of hydrogen-bond acceptors (Lipinski definition) is 4. The van der Waals surface area contributed by atoms with Gasteiger partial charge < -0.3 is 14.4 Å². The Morgan fingerprint density at radius 2 is 2.00 bits per heavy atom. The summed E-state index contributed by atoms with van der Waals surface area (Å²) in [5.41, 5.74) is 2.60. The number of nitrogens with zero attached hydrogens (tertiary/aromatic N) is 3. The van der Waals surface area contributed by atoms with Crippen LogP contribution in [-0.2, 0) is 4.74 Å². The first-order valence-electron chi connectivity index (χ1n) is 9.67. The molecule has 2 aromatic heterocycles. The predicted molar refractivity (Wildman–Crippen MR) is 104 cm³/mol. The number of methoxy groups -OCH3 is 1. The van der Waals surface area contributed by atoms with Crippen molar-refractivity contribution in [3.05, 3.63) is 66.1 Å². The normalized spacial score (nSPS) is 20.9. The van der Waals surface area contributed by atoms with Gasteiger partial charge in [-0.3, -0.25) is 9.20 Å². The van der Waals surface area contributed by atoms with E-state index in [-0.39, 0.29) is 17.4 Å². The first-order valence-corrected chi connectivity index (χ1v) is 9.67. The molecule has 144 valence electrons. The van der Waals surface area contributed by atoms with E-state index in [9.17, 15) is 4.79 Å². The van der Waals surface area contributed by atoms with Crippen molar-refractivity contribution in [1.82, 2.24) is 14.3 Å². The van der Waals surface area contributed by atoms with Crippen LogP contribution in [0.25, 0.3) is 5.65 Å². The average molecular weight is 377 g/mol. The van der Waals surface area contributed by atoms with Gasteiger partial charge in [-0.2, -0.15) is 0 Å². The molecule has 28 heavy (non-hydrogen) atoms. The molecule has 2 aliphatic rings. The summed E-state index contributed by atoms with van der Waals surface area (Å²) in [6.07, 6.45) is 5.48. The molecule has 2 saturated heterocycles. The van der Waals surface area contributed by atoms with Crippen molar-refractivity contribution < 1.29 is 14.3 Å². The van der Waals surface area contributed by atoms with E-state index < -0.39 is 0 Å². The number of imidazole rings is 1. The van der Waals surface area contributed by atoms with E-state index in [1.54, 1.807) is 13.3 Å².